The van der Waals surface area contributed by atoms with Crippen LogP contribution in [0.3, 0.4) is 0 Å². The predicted molar refractivity (Wildman–Crippen MR) is 86.2 cm³/mol. The van der Waals surface area contributed by atoms with Gasteiger partial charge in [0.1, 0.15) is 0 Å². The Morgan fingerprint density at radius 2 is 1.44 bits per heavy atom. The summed E-state index contributed by atoms with van der Waals surface area (Å²) >= 11 is -2.08. The van der Waals surface area contributed by atoms with Crippen molar-refractivity contribution in [1.29, 1.82) is 0 Å². The molecule has 0 aromatic heterocycles. The van der Waals surface area contributed by atoms with E-state index < -0.39 is 16.8 Å². The summed E-state index contributed by atoms with van der Waals surface area (Å²) in [5, 5.41) is 4.99. The molecule has 1 aliphatic rings. The molecule has 0 amide bonds. The Morgan fingerprint density at radius 3 is 1.72 bits per heavy atom. The number of hydrogen-bond donors (Lipinski definition) is 1. The van der Waals surface area contributed by atoms with Crippen LogP contribution in [0.15, 0.2) is 20.6 Å². The Balaban J connectivity index is 0.00000289. The molecular weight excluding hydrogens is 270 g/mol. The third-order valence-corrected chi connectivity index (χ3v) is 9.51. The van der Waals surface area contributed by atoms with E-state index in [-0.39, 0.29) is 16.5 Å². The molecule has 0 saturated carbocycles. The molecule has 1 rings (SSSR count). The Hall–Kier alpha value is 0.371. The van der Waals surface area contributed by atoms with Crippen LogP contribution in [0.1, 0.15) is 48.5 Å². The average molecular weight is 303 g/mol. The van der Waals surface area contributed by atoms with Crippen molar-refractivity contribution in [3.8, 4) is 0 Å². The van der Waals surface area contributed by atoms with E-state index in [1.165, 1.54) is 5.57 Å². The minimum absolute atomic E-state index is 0. The van der Waals surface area contributed by atoms with Gasteiger partial charge in [-0.25, -0.2) is 0 Å². The zero-order valence-electron chi connectivity index (χ0n) is 13.1. The fourth-order valence-electron chi connectivity index (χ4n) is 3.38. The molecule has 0 spiro atoms. The molecule has 0 heterocycles. The third kappa shape index (κ3) is 3.69. The molecular formula is C15H33NSiTi. The van der Waals surface area contributed by atoms with Gasteiger partial charge in [0.2, 0.25) is 0 Å². The predicted octanol–water partition coefficient (Wildman–Crippen LogP) is 3.35. The standard InChI is InChI=1S/C9H13.C4H10N.2CH3.H4Si.Ti/c1-6-5-7(2)9(4)8(6)3;1-4(2,3)5;;;;/h6H,1-4H3;5H,1-3H3;2*1H3;1H4;/q;-1;;;;+1. The normalized spacial score (nSPS) is 21.5. The van der Waals surface area contributed by atoms with E-state index in [2.05, 4.69) is 62.7 Å². The summed E-state index contributed by atoms with van der Waals surface area (Å²) in [6.45, 7) is 16.1. The van der Waals surface area contributed by atoms with Crippen LogP contribution in [0.4, 0.5) is 0 Å². The smallest absolute Gasteiger partial charge is 0.0149 e. The van der Waals surface area contributed by atoms with Crippen molar-refractivity contribution in [1.82, 2.24) is 3.80 Å². The maximum Gasteiger partial charge on any atom is -0.0149 e. The van der Waals surface area contributed by atoms with Gasteiger partial charge in [0, 0.05) is 0 Å². The van der Waals surface area contributed by atoms with Gasteiger partial charge in [-0.1, -0.05) is 0 Å². The molecule has 0 fully saturated rings. The van der Waals surface area contributed by atoms with Gasteiger partial charge < -0.3 is 0 Å². The molecule has 0 aromatic rings. The SMILES string of the molecule is CC1=C(C)C(C)[C]([Ti]([CH3])([CH3])[NH]C(C)(C)C)=C1C.[SiH4]. The first kappa shape index (κ1) is 18.4. The second-order valence-electron chi connectivity index (χ2n) is 7.07. The Labute approximate surface area is 122 Å². The molecule has 1 N–H and O–H groups in total. The van der Waals surface area contributed by atoms with Gasteiger partial charge in [-0.05, 0) is 11.0 Å². The maximum absolute atomic E-state index is 3.94. The van der Waals surface area contributed by atoms with Crippen molar-refractivity contribution in [2.24, 2.45) is 5.92 Å². The van der Waals surface area contributed by atoms with Gasteiger partial charge in [0.05, 0.1) is 0 Å². The average Bonchev–Trinajstić information content (AvgIpc) is 2.27. The van der Waals surface area contributed by atoms with E-state index in [0.717, 1.165) is 0 Å². The van der Waals surface area contributed by atoms with Gasteiger partial charge >= 0.3 is 112 Å². The number of hydrogen-bond acceptors (Lipinski definition) is 1. The Kier molecular flexibility index (Phi) is 5.90. The summed E-state index contributed by atoms with van der Waals surface area (Å²) < 4.78 is 5.69. The van der Waals surface area contributed by atoms with E-state index >= 15 is 0 Å². The molecule has 0 aliphatic heterocycles. The molecule has 1 atom stereocenters. The zero-order valence-corrected chi connectivity index (χ0v) is 14.6. The first-order valence-electron chi connectivity index (χ1n) is 6.65. The molecule has 18 heavy (non-hydrogen) atoms. The molecule has 3 heteroatoms. The zero-order chi connectivity index (χ0) is 13.6. The first-order chi connectivity index (χ1) is 7.47. The second kappa shape index (κ2) is 5.78. The van der Waals surface area contributed by atoms with Crippen molar-refractivity contribution in [2.75, 3.05) is 0 Å². The van der Waals surface area contributed by atoms with Gasteiger partial charge in [-0.15, -0.1) is 0 Å². The van der Waals surface area contributed by atoms with Crippen molar-refractivity contribution >= 4 is 11.0 Å². The van der Waals surface area contributed by atoms with Crippen molar-refractivity contribution in [3.63, 3.8) is 0 Å². The molecule has 0 saturated heterocycles. The number of nitrogens with one attached hydrogen (secondary N) is 1. The molecule has 1 nitrogen and oxygen atoms in total. The minimum Gasteiger partial charge on any atom is -0.0149 e. The third-order valence-electron chi connectivity index (χ3n) is 4.00. The molecule has 0 aromatic carbocycles. The van der Waals surface area contributed by atoms with Crippen LogP contribution < -0.4 is 3.80 Å². The van der Waals surface area contributed by atoms with Crippen LogP contribution in [0.25, 0.3) is 0 Å². The summed E-state index contributed by atoms with van der Waals surface area (Å²) in [6.07, 6.45) is 0. The van der Waals surface area contributed by atoms with E-state index in [1.807, 2.05) is 0 Å². The fraction of sp³-hybridized carbons (Fsp3) is 0.733. The number of allylic oxidation sites excluding steroid dienone is 4. The summed E-state index contributed by atoms with van der Waals surface area (Å²) in [7, 11) is 0. The Bertz CT molecular complexity index is 386. The van der Waals surface area contributed by atoms with Crippen LogP contribution in [0.2, 0.25) is 10.5 Å². The number of rotatable bonds is 2. The Morgan fingerprint density at radius 1 is 1.00 bits per heavy atom. The summed E-state index contributed by atoms with van der Waals surface area (Å²) in [5.74, 6) is 0.653. The van der Waals surface area contributed by atoms with Crippen LogP contribution in [-0.2, 0) is 16.8 Å². The van der Waals surface area contributed by atoms with Gasteiger partial charge in [0.15, 0.2) is 0 Å². The molecule has 0 bridgehead atoms. The molecule has 0 radical (unpaired) electrons. The van der Waals surface area contributed by atoms with Gasteiger partial charge in [-0.3, -0.25) is 0 Å². The minimum atomic E-state index is -2.08. The fourth-order valence-corrected chi connectivity index (χ4v) is 10.3. The summed E-state index contributed by atoms with van der Waals surface area (Å²) in [4.78, 5) is 0. The van der Waals surface area contributed by atoms with Crippen molar-refractivity contribution in [3.05, 3.63) is 20.6 Å². The molecule has 106 valence electrons. The van der Waals surface area contributed by atoms with Crippen molar-refractivity contribution < 1.29 is 16.8 Å². The quantitative estimate of drug-likeness (QED) is 0.772. The van der Waals surface area contributed by atoms with E-state index in [4.69, 9.17) is 0 Å². The van der Waals surface area contributed by atoms with Crippen LogP contribution >= 0.6 is 0 Å². The topological polar surface area (TPSA) is 12.0 Å². The van der Waals surface area contributed by atoms with Gasteiger partial charge in [0.25, 0.3) is 0 Å². The molecule has 1 aliphatic carbocycles. The van der Waals surface area contributed by atoms with Crippen LogP contribution in [0, 0.1) is 5.92 Å². The first-order valence-corrected chi connectivity index (χ1v) is 11.3. The van der Waals surface area contributed by atoms with Crippen LogP contribution in [0.5, 0.6) is 0 Å². The van der Waals surface area contributed by atoms with E-state index in [9.17, 15) is 0 Å². The summed E-state index contributed by atoms with van der Waals surface area (Å²) in [6, 6.07) is 0. The van der Waals surface area contributed by atoms with E-state index in [0.29, 0.717) is 5.92 Å². The molecule has 1 unspecified atom stereocenters. The largest absolute Gasteiger partial charge is 0.0149 e. The maximum atomic E-state index is 3.94. The second-order valence-corrected chi connectivity index (χ2v) is 13.4. The summed E-state index contributed by atoms with van der Waals surface area (Å²) in [5.41, 5.74) is 4.89. The van der Waals surface area contributed by atoms with Gasteiger partial charge in [-0.2, -0.15) is 0 Å². The van der Waals surface area contributed by atoms with Crippen molar-refractivity contribution in [2.45, 2.75) is 64.5 Å². The monoisotopic (exact) mass is 303 g/mol. The van der Waals surface area contributed by atoms with E-state index in [1.54, 1.807) is 15.0 Å². The van der Waals surface area contributed by atoms with Crippen LogP contribution in [-0.4, -0.2) is 16.5 Å².